The van der Waals surface area contributed by atoms with Gasteiger partial charge in [0.2, 0.25) is 0 Å². The van der Waals surface area contributed by atoms with Gasteiger partial charge in [0.15, 0.2) is 16.6 Å². The van der Waals surface area contributed by atoms with Crippen LogP contribution < -0.4 is 20.6 Å². The van der Waals surface area contributed by atoms with Gasteiger partial charge in [-0.25, -0.2) is 0 Å². The van der Waals surface area contributed by atoms with Gasteiger partial charge in [-0.15, -0.1) is 0 Å². The van der Waals surface area contributed by atoms with Crippen molar-refractivity contribution in [1.29, 1.82) is 0 Å². The predicted molar refractivity (Wildman–Crippen MR) is 73.7 cm³/mol. The average Bonchev–Trinajstić information content (AvgIpc) is 2.37. The quantitative estimate of drug-likeness (QED) is 0.355. The number of nitro benzene ring substituents is 1. The van der Waals surface area contributed by atoms with E-state index in [2.05, 4.69) is 22.7 Å². The van der Waals surface area contributed by atoms with Crippen LogP contribution in [0.5, 0.6) is 11.5 Å². The average molecular weight is 284 g/mol. The van der Waals surface area contributed by atoms with E-state index in [1.165, 1.54) is 32.6 Å². The zero-order chi connectivity index (χ0) is 14.4. The Morgan fingerprint density at radius 3 is 2.53 bits per heavy atom. The first-order valence-electron chi connectivity index (χ1n) is 4.98. The number of hydrogen-bond acceptors (Lipinski definition) is 6. The summed E-state index contributed by atoms with van der Waals surface area (Å²) in [4.78, 5) is 10.4. The minimum Gasteiger partial charge on any atom is -0.493 e. The van der Waals surface area contributed by atoms with Crippen LogP contribution in [-0.2, 0) is 0 Å². The molecule has 0 amide bonds. The number of hydrazone groups is 1. The second kappa shape index (κ2) is 6.50. The standard InChI is InChI=1S/C10H12N4O4S/c1-17-8-3-6(5-12-13-10(11)19)7(14(15)16)4-9(8)18-2/h3-5H,1-2H3,(H3,11,13,19). The van der Waals surface area contributed by atoms with Gasteiger partial charge in [-0.2, -0.15) is 5.10 Å². The fraction of sp³-hybridized carbons (Fsp3) is 0.200. The second-order valence-electron chi connectivity index (χ2n) is 3.26. The Hall–Kier alpha value is -2.42. The van der Waals surface area contributed by atoms with Crippen molar-refractivity contribution < 1.29 is 14.4 Å². The summed E-state index contributed by atoms with van der Waals surface area (Å²) in [5.41, 5.74) is 7.55. The Labute approximate surface area is 114 Å². The third-order valence-electron chi connectivity index (χ3n) is 2.11. The lowest BCUT2D eigenvalue weighted by molar-refractivity contribution is -0.385. The number of nitrogens with zero attached hydrogens (tertiary/aromatic N) is 2. The van der Waals surface area contributed by atoms with Gasteiger partial charge >= 0.3 is 0 Å². The number of nitro groups is 1. The minimum absolute atomic E-state index is 0.0422. The molecule has 0 saturated carbocycles. The second-order valence-corrected chi connectivity index (χ2v) is 3.70. The van der Waals surface area contributed by atoms with Gasteiger partial charge in [0.1, 0.15) is 0 Å². The van der Waals surface area contributed by atoms with Crippen molar-refractivity contribution in [3.63, 3.8) is 0 Å². The monoisotopic (exact) mass is 284 g/mol. The predicted octanol–water partition coefficient (Wildman–Crippen LogP) is 0.779. The highest BCUT2D eigenvalue weighted by atomic mass is 32.1. The van der Waals surface area contributed by atoms with Crippen LogP contribution in [-0.4, -0.2) is 30.5 Å². The summed E-state index contributed by atoms with van der Waals surface area (Å²) < 4.78 is 10.1. The molecule has 0 aliphatic heterocycles. The third-order valence-corrected chi connectivity index (χ3v) is 2.20. The number of ether oxygens (including phenoxy) is 2. The van der Waals surface area contributed by atoms with Crippen LogP contribution in [0.2, 0.25) is 0 Å². The van der Waals surface area contributed by atoms with E-state index >= 15 is 0 Å². The number of methoxy groups -OCH3 is 2. The van der Waals surface area contributed by atoms with Crippen LogP contribution in [0.15, 0.2) is 17.2 Å². The molecule has 8 nitrogen and oxygen atoms in total. The Morgan fingerprint density at radius 1 is 1.47 bits per heavy atom. The molecule has 0 spiro atoms. The van der Waals surface area contributed by atoms with E-state index in [1.54, 1.807) is 0 Å². The summed E-state index contributed by atoms with van der Waals surface area (Å²) in [5.74, 6) is 0.610. The molecule has 0 fully saturated rings. The molecule has 3 N–H and O–H groups in total. The molecule has 0 aliphatic carbocycles. The normalized spacial score (nSPS) is 10.2. The summed E-state index contributed by atoms with van der Waals surface area (Å²) in [6.07, 6.45) is 1.22. The molecular formula is C10H12N4O4S. The fourth-order valence-corrected chi connectivity index (χ4v) is 1.36. The maximum atomic E-state index is 11.0. The van der Waals surface area contributed by atoms with Crippen molar-refractivity contribution >= 4 is 29.2 Å². The van der Waals surface area contributed by atoms with E-state index in [1.807, 2.05) is 0 Å². The van der Waals surface area contributed by atoms with Gasteiger partial charge in [-0.05, 0) is 18.3 Å². The van der Waals surface area contributed by atoms with E-state index in [-0.39, 0.29) is 22.1 Å². The summed E-state index contributed by atoms with van der Waals surface area (Å²) in [5, 5.41) is 14.6. The number of rotatable bonds is 5. The molecule has 0 bridgehead atoms. The van der Waals surface area contributed by atoms with Crippen molar-refractivity contribution in [2.24, 2.45) is 10.8 Å². The first kappa shape index (κ1) is 14.6. The van der Waals surface area contributed by atoms with E-state index in [9.17, 15) is 10.1 Å². The molecule has 0 atom stereocenters. The molecule has 9 heteroatoms. The van der Waals surface area contributed by atoms with Crippen LogP contribution in [0, 0.1) is 10.1 Å². The SMILES string of the molecule is COc1cc(C=NNC(N)=S)c([N+](=O)[O-])cc1OC. The molecular weight excluding hydrogens is 272 g/mol. The van der Waals surface area contributed by atoms with Crippen LogP contribution in [0.25, 0.3) is 0 Å². The molecule has 0 heterocycles. The molecule has 0 radical (unpaired) electrons. The summed E-state index contributed by atoms with van der Waals surface area (Å²) in [7, 11) is 2.82. The summed E-state index contributed by atoms with van der Waals surface area (Å²) >= 11 is 4.56. The molecule has 19 heavy (non-hydrogen) atoms. The summed E-state index contributed by atoms with van der Waals surface area (Å²) in [6, 6.07) is 2.68. The zero-order valence-electron chi connectivity index (χ0n) is 10.2. The van der Waals surface area contributed by atoms with Crippen molar-refractivity contribution in [2.75, 3.05) is 14.2 Å². The Kier molecular flexibility index (Phi) is 5.01. The molecule has 1 aromatic rings. The van der Waals surface area contributed by atoms with E-state index < -0.39 is 4.92 Å². The molecule has 1 aromatic carbocycles. The van der Waals surface area contributed by atoms with Gasteiger partial charge in [0.05, 0.1) is 37.0 Å². The van der Waals surface area contributed by atoms with Crippen molar-refractivity contribution in [3.8, 4) is 11.5 Å². The van der Waals surface area contributed by atoms with E-state index in [0.29, 0.717) is 5.75 Å². The highest BCUT2D eigenvalue weighted by Gasteiger charge is 2.18. The lowest BCUT2D eigenvalue weighted by atomic mass is 10.1. The van der Waals surface area contributed by atoms with E-state index in [4.69, 9.17) is 15.2 Å². The van der Waals surface area contributed by atoms with Crippen LogP contribution in [0.3, 0.4) is 0 Å². The molecule has 0 saturated heterocycles. The van der Waals surface area contributed by atoms with Crippen LogP contribution in [0.1, 0.15) is 5.56 Å². The molecule has 1 rings (SSSR count). The first-order chi connectivity index (χ1) is 8.99. The Balaban J connectivity index is 3.23. The first-order valence-corrected chi connectivity index (χ1v) is 5.39. The van der Waals surface area contributed by atoms with Gasteiger partial charge in [0.25, 0.3) is 5.69 Å². The smallest absolute Gasteiger partial charge is 0.282 e. The van der Waals surface area contributed by atoms with Crippen molar-refractivity contribution in [1.82, 2.24) is 5.43 Å². The van der Waals surface area contributed by atoms with E-state index in [0.717, 1.165) is 0 Å². The third kappa shape index (κ3) is 3.78. The van der Waals surface area contributed by atoms with Crippen LogP contribution in [0.4, 0.5) is 5.69 Å². The maximum Gasteiger partial charge on any atom is 0.282 e. The largest absolute Gasteiger partial charge is 0.493 e. The molecule has 0 unspecified atom stereocenters. The fourth-order valence-electron chi connectivity index (χ4n) is 1.31. The maximum absolute atomic E-state index is 11.0. The minimum atomic E-state index is -0.552. The lowest BCUT2D eigenvalue weighted by Gasteiger charge is -2.08. The number of nitrogens with one attached hydrogen (secondary N) is 1. The van der Waals surface area contributed by atoms with Crippen molar-refractivity contribution in [3.05, 3.63) is 27.8 Å². The highest BCUT2D eigenvalue weighted by Crippen LogP contribution is 2.33. The van der Waals surface area contributed by atoms with Gasteiger partial charge in [0, 0.05) is 0 Å². The number of benzene rings is 1. The van der Waals surface area contributed by atoms with Gasteiger partial charge in [-0.1, -0.05) is 0 Å². The Morgan fingerprint density at radius 2 is 2.05 bits per heavy atom. The molecule has 0 aliphatic rings. The number of thiocarbonyl (C=S) groups is 1. The van der Waals surface area contributed by atoms with Gasteiger partial charge < -0.3 is 15.2 Å². The summed E-state index contributed by atoms with van der Waals surface area (Å²) in [6.45, 7) is 0. The van der Waals surface area contributed by atoms with Crippen molar-refractivity contribution in [2.45, 2.75) is 0 Å². The highest BCUT2D eigenvalue weighted by molar-refractivity contribution is 7.80. The van der Waals surface area contributed by atoms with Crippen LogP contribution >= 0.6 is 12.2 Å². The molecule has 102 valence electrons. The van der Waals surface area contributed by atoms with Gasteiger partial charge in [-0.3, -0.25) is 15.5 Å². The zero-order valence-corrected chi connectivity index (χ0v) is 11.1. The molecule has 0 aromatic heterocycles. The number of nitrogens with two attached hydrogens (primary N) is 1. The Bertz CT molecular complexity index is 533. The topological polar surface area (TPSA) is 112 Å². The lowest BCUT2D eigenvalue weighted by Crippen LogP contribution is -2.24. The number of hydrogen-bond donors (Lipinski definition) is 2.